The highest BCUT2D eigenvalue weighted by molar-refractivity contribution is 5.55. The second kappa shape index (κ2) is 5.47. The van der Waals surface area contributed by atoms with E-state index in [1.807, 2.05) is 0 Å². The minimum Gasteiger partial charge on any atom is -0.395 e. The molecule has 1 saturated carbocycles. The van der Waals surface area contributed by atoms with E-state index in [4.69, 9.17) is 10.8 Å². The van der Waals surface area contributed by atoms with Gasteiger partial charge in [-0.25, -0.2) is 4.39 Å². The molecule has 1 aliphatic rings. The molecule has 0 spiro atoms. The molecule has 0 saturated heterocycles. The predicted octanol–water partition coefficient (Wildman–Crippen LogP) is 1.64. The Morgan fingerprint density at radius 2 is 2.18 bits per heavy atom. The Labute approximate surface area is 101 Å². The lowest BCUT2D eigenvalue weighted by Gasteiger charge is -2.40. The first kappa shape index (κ1) is 12.3. The molecular formula is C13H19FN2O. The quantitative estimate of drug-likeness (QED) is 0.819. The predicted molar refractivity (Wildman–Crippen MR) is 66.4 cm³/mol. The summed E-state index contributed by atoms with van der Waals surface area (Å²) in [5.41, 5.74) is 7.43. The third kappa shape index (κ3) is 2.58. The van der Waals surface area contributed by atoms with Gasteiger partial charge in [-0.3, -0.25) is 0 Å². The Balaban J connectivity index is 2.27. The number of hydrogen-bond donors (Lipinski definition) is 2. The van der Waals surface area contributed by atoms with E-state index >= 15 is 0 Å². The molecule has 0 radical (unpaired) electrons. The van der Waals surface area contributed by atoms with Crippen molar-refractivity contribution in [1.29, 1.82) is 0 Å². The van der Waals surface area contributed by atoms with Crippen molar-refractivity contribution in [3.05, 3.63) is 29.6 Å². The van der Waals surface area contributed by atoms with Gasteiger partial charge in [0.2, 0.25) is 0 Å². The smallest absolute Gasteiger partial charge is 0.123 e. The number of halogens is 1. The van der Waals surface area contributed by atoms with E-state index in [0.29, 0.717) is 19.1 Å². The van der Waals surface area contributed by atoms with Crippen molar-refractivity contribution in [2.45, 2.75) is 31.8 Å². The lowest BCUT2D eigenvalue weighted by molar-refractivity contribution is 0.283. The second-order valence-corrected chi connectivity index (χ2v) is 4.48. The van der Waals surface area contributed by atoms with Crippen LogP contribution in [0.5, 0.6) is 0 Å². The van der Waals surface area contributed by atoms with Crippen LogP contribution in [0.2, 0.25) is 0 Å². The summed E-state index contributed by atoms with van der Waals surface area (Å²) in [6.45, 7) is 1.02. The average molecular weight is 238 g/mol. The van der Waals surface area contributed by atoms with Gasteiger partial charge in [0.15, 0.2) is 0 Å². The van der Waals surface area contributed by atoms with Crippen LogP contribution in [0.4, 0.5) is 10.1 Å². The van der Waals surface area contributed by atoms with Gasteiger partial charge in [-0.15, -0.1) is 0 Å². The second-order valence-electron chi connectivity index (χ2n) is 4.48. The summed E-state index contributed by atoms with van der Waals surface area (Å²) in [6.07, 6.45) is 3.51. The van der Waals surface area contributed by atoms with E-state index in [0.717, 1.165) is 24.1 Å². The van der Waals surface area contributed by atoms with Crippen molar-refractivity contribution in [1.82, 2.24) is 0 Å². The SMILES string of the molecule is NCc1cc(F)ccc1N(CCO)C1CCC1. The number of benzene rings is 1. The number of nitrogens with zero attached hydrogens (tertiary/aromatic N) is 1. The van der Waals surface area contributed by atoms with Crippen molar-refractivity contribution in [2.24, 2.45) is 5.73 Å². The van der Waals surface area contributed by atoms with Gasteiger partial charge < -0.3 is 15.7 Å². The molecule has 0 bridgehead atoms. The van der Waals surface area contributed by atoms with Crippen LogP contribution in [-0.2, 0) is 6.54 Å². The van der Waals surface area contributed by atoms with Gasteiger partial charge in [-0.1, -0.05) is 0 Å². The summed E-state index contributed by atoms with van der Waals surface area (Å²) in [4.78, 5) is 2.16. The van der Waals surface area contributed by atoms with Crippen molar-refractivity contribution in [3.63, 3.8) is 0 Å². The fourth-order valence-electron chi connectivity index (χ4n) is 2.30. The van der Waals surface area contributed by atoms with Gasteiger partial charge in [0.25, 0.3) is 0 Å². The van der Waals surface area contributed by atoms with E-state index in [9.17, 15) is 4.39 Å². The molecule has 0 aliphatic heterocycles. The first-order valence-electron chi connectivity index (χ1n) is 6.12. The van der Waals surface area contributed by atoms with E-state index in [-0.39, 0.29) is 12.4 Å². The molecule has 17 heavy (non-hydrogen) atoms. The minimum atomic E-state index is -0.258. The molecule has 0 amide bonds. The zero-order valence-electron chi connectivity index (χ0n) is 9.90. The van der Waals surface area contributed by atoms with Crippen LogP contribution in [0.3, 0.4) is 0 Å². The van der Waals surface area contributed by atoms with E-state index in [1.54, 1.807) is 6.07 Å². The lowest BCUT2D eigenvalue weighted by Crippen LogP contribution is -2.42. The molecule has 3 N–H and O–H groups in total. The van der Waals surface area contributed by atoms with Gasteiger partial charge in [-0.05, 0) is 43.0 Å². The van der Waals surface area contributed by atoms with E-state index < -0.39 is 0 Å². The van der Waals surface area contributed by atoms with Crippen LogP contribution >= 0.6 is 0 Å². The Bertz CT molecular complexity index is 380. The molecule has 0 atom stereocenters. The molecule has 1 aliphatic carbocycles. The highest BCUT2D eigenvalue weighted by Crippen LogP contribution is 2.31. The van der Waals surface area contributed by atoms with Crippen LogP contribution in [0, 0.1) is 5.82 Å². The van der Waals surface area contributed by atoms with Crippen LogP contribution in [0.25, 0.3) is 0 Å². The summed E-state index contributed by atoms with van der Waals surface area (Å²) in [5, 5.41) is 9.14. The van der Waals surface area contributed by atoms with Crippen LogP contribution in [0.1, 0.15) is 24.8 Å². The number of aliphatic hydroxyl groups is 1. The van der Waals surface area contributed by atoms with Gasteiger partial charge in [0, 0.05) is 24.8 Å². The van der Waals surface area contributed by atoms with E-state index in [1.165, 1.54) is 18.6 Å². The molecule has 1 fully saturated rings. The van der Waals surface area contributed by atoms with Crippen molar-refractivity contribution in [2.75, 3.05) is 18.1 Å². The number of nitrogens with two attached hydrogens (primary N) is 1. The van der Waals surface area contributed by atoms with E-state index in [2.05, 4.69) is 4.90 Å². The number of hydrogen-bond acceptors (Lipinski definition) is 3. The van der Waals surface area contributed by atoms with Gasteiger partial charge >= 0.3 is 0 Å². The summed E-state index contributed by atoms with van der Waals surface area (Å²) in [5.74, 6) is -0.258. The number of aliphatic hydroxyl groups excluding tert-OH is 1. The maximum absolute atomic E-state index is 13.2. The van der Waals surface area contributed by atoms with Crippen molar-refractivity contribution < 1.29 is 9.50 Å². The molecule has 0 heterocycles. The maximum Gasteiger partial charge on any atom is 0.123 e. The Hall–Kier alpha value is -1.13. The van der Waals surface area contributed by atoms with Crippen LogP contribution < -0.4 is 10.6 Å². The lowest BCUT2D eigenvalue weighted by atomic mass is 9.90. The minimum absolute atomic E-state index is 0.109. The molecule has 0 aromatic heterocycles. The fraction of sp³-hybridized carbons (Fsp3) is 0.538. The Morgan fingerprint density at radius 3 is 2.71 bits per heavy atom. The molecule has 1 aromatic carbocycles. The third-order valence-corrected chi connectivity index (χ3v) is 3.43. The molecule has 0 unspecified atom stereocenters. The third-order valence-electron chi connectivity index (χ3n) is 3.43. The van der Waals surface area contributed by atoms with Crippen LogP contribution in [0.15, 0.2) is 18.2 Å². The largest absolute Gasteiger partial charge is 0.395 e. The summed E-state index contributed by atoms with van der Waals surface area (Å²) in [7, 11) is 0. The Morgan fingerprint density at radius 1 is 1.41 bits per heavy atom. The van der Waals surface area contributed by atoms with Gasteiger partial charge in [0.05, 0.1) is 6.61 Å². The highest BCUT2D eigenvalue weighted by atomic mass is 19.1. The molecule has 3 nitrogen and oxygen atoms in total. The number of rotatable bonds is 5. The molecular weight excluding hydrogens is 219 g/mol. The molecule has 1 aromatic rings. The van der Waals surface area contributed by atoms with Crippen molar-refractivity contribution >= 4 is 5.69 Å². The fourth-order valence-corrected chi connectivity index (χ4v) is 2.30. The van der Waals surface area contributed by atoms with Gasteiger partial charge in [-0.2, -0.15) is 0 Å². The number of anilines is 1. The molecule has 4 heteroatoms. The first-order chi connectivity index (χ1) is 8.26. The maximum atomic E-state index is 13.2. The first-order valence-corrected chi connectivity index (χ1v) is 6.12. The van der Waals surface area contributed by atoms with Gasteiger partial charge in [0.1, 0.15) is 5.82 Å². The highest BCUT2D eigenvalue weighted by Gasteiger charge is 2.26. The zero-order valence-corrected chi connectivity index (χ0v) is 9.90. The summed E-state index contributed by atoms with van der Waals surface area (Å²) in [6, 6.07) is 5.18. The molecule has 2 rings (SSSR count). The standard InChI is InChI=1S/C13H19FN2O/c14-11-4-5-13(10(8-11)9-15)16(6-7-17)12-2-1-3-12/h4-5,8,12,17H,1-3,6-7,9,15H2. The normalized spacial score (nSPS) is 15.7. The average Bonchev–Trinajstić information content (AvgIpc) is 2.26. The summed E-state index contributed by atoms with van der Waals surface area (Å²) >= 11 is 0. The van der Waals surface area contributed by atoms with Crippen molar-refractivity contribution in [3.8, 4) is 0 Å². The zero-order chi connectivity index (χ0) is 12.3. The monoisotopic (exact) mass is 238 g/mol. The topological polar surface area (TPSA) is 49.5 Å². The summed E-state index contributed by atoms with van der Waals surface area (Å²) < 4.78 is 13.2. The van der Waals surface area contributed by atoms with Crippen LogP contribution in [-0.4, -0.2) is 24.3 Å². The molecule has 94 valence electrons. The Kier molecular flexibility index (Phi) is 3.97.